The van der Waals surface area contributed by atoms with E-state index in [9.17, 15) is 9.59 Å². The zero-order valence-electron chi connectivity index (χ0n) is 13.9. The molecule has 138 valence electrons. The van der Waals surface area contributed by atoms with Gasteiger partial charge in [0.05, 0.1) is 28.8 Å². The molecule has 0 radical (unpaired) electrons. The molecule has 0 atom stereocenters. The predicted molar refractivity (Wildman–Crippen MR) is 102 cm³/mol. The molecule has 0 unspecified atom stereocenters. The van der Waals surface area contributed by atoms with Crippen molar-refractivity contribution >= 4 is 52.4 Å². The Kier molecular flexibility index (Phi) is 7.57. The fourth-order valence-corrected chi connectivity index (χ4v) is 2.85. The summed E-state index contributed by atoms with van der Waals surface area (Å²) >= 11 is 17.7. The molecule has 0 aliphatic heterocycles. The highest BCUT2D eigenvalue weighted by atomic mass is 35.5. The van der Waals surface area contributed by atoms with Crippen molar-refractivity contribution in [3.63, 3.8) is 0 Å². The van der Waals surface area contributed by atoms with E-state index in [2.05, 4.69) is 5.32 Å². The molecule has 2 rings (SSSR count). The minimum absolute atomic E-state index is 0.0175. The Morgan fingerprint density at radius 1 is 1.04 bits per heavy atom. The molecule has 8 heteroatoms. The van der Waals surface area contributed by atoms with Crippen molar-refractivity contribution in [2.75, 3.05) is 18.5 Å². The number of rotatable bonds is 7. The van der Waals surface area contributed by atoms with Crippen molar-refractivity contribution < 1.29 is 19.1 Å². The third-order valence-corrected chi connectivity index (χ3v) is 4.05. The summed E-state index contributed by atoms with van der Waals surface area (Å²) in [6, 6.07) is 10.3. The van der Waals surface area contributed by atoms with Crippen LogP contribution in [0.1, 0.15) is 12.0 Å². The van der Waals surface area contributed by atoms with Gasteiger partial charge in [0.1, 0.15) is 5.75 Å². The van der Waals surface area contributed by atoms with Gasteiger partial charge in [-0.25, -0.2) is 0 Å². The standard InChI is InChI=1S/C18H16Cl3NO4/c1-11-2-4-13(5-3-11)25-7-6-17(24)26-10-16(23)22-18-14(20)8-12(19)9-15(18)21/h2-5,8-9H,6-7,10H2,1H3,(H,22,23). The first-order chi connectivity index (χ1) is 12.3. The van der Waals surface area contributed by atoms with Gasteiger partial charge in [-0.1, -0.05) is 52.5 Å². The van der Waals surface area contributed by atoms with E-state index < -0.39 is 18.5 Å². The van der Waals surface area contributed by atoms with Crippen LogP contribution in [0.15, 0.2) is 36.4 Å². The predicted octanol–water partition coefficient (Wildman–Crippen LogP) is 4.91. The fourth-order valence-electron chi connectivity index (χ4n) is 1.94. The smallest absolute Gasteiger partial charge is 0.309 e. The molecular formula is C18H16Cl3NO4. The second-order valence-electron chi connectivity index (χ2n) is 5.36. The van der Waals surface area contributed by atoms with E-state index in [-0.39, 0.29) is 28.8 Å². The van der Waals surface area contributed by atoms with Crippen molar-refractivity contribution in [3.05, 3.63) is 57.0 Å². The molecule has 0 aliphatic carbocycles. The van der Waals surface area contributed by atoms with Gasteiger partial charge >= 0.3 is 5.97 Å². The Bertz CT molecular complexity index is 771. The number of halogens is 3. The van der Waals surface area contributed by atoms with Crippen LogP contribution in [-0.4, -0.2) is 25.1 Å². The fraction of sp³-hybridized carbons (Fsp3) is 0.222. The maximum Gasteiger partial charge on any atom is 0.309 e. The average Bonchev–Trinajstić information content (AvgIpc) is 2.58. The first-order valence-corrected chi connectivity index (χ1v) is 8.78. The molecule has 2 aromatic rings. The van der Waals surface area contributed by atoms with Crippen molar-refractivity contribution in [1.82, 2.24) is 0 Å². The van der Waals surface area contributed by atoms with Gasteiger partial charge in [-0.15, -0.1) is 0 Å². The van der Waals surface area contributed by atoms with Crippen LogP contribution >= 0.6 is 34.8 Å². The molecule has 2 aromatic carbocycles. The minimum Gasteiger partial charge on any atom is -0.493 e. The van der Waals surface area contributed by atoms with E-state index in [1.807, 2.05) is 31.2 Å². The number of esters is 1. The minimum atomic E-state index is -0.566. The lowest BCUT2D eigenvalue weighted by Crippen LogP contribution is -2.22. The quantitative estimate of drug-likeness (QED) is 0.652. The van der Waals surface area contributed by atoms with Crippen LogP contribution in [0.3, 0.4) is 0 Å². The number of hydrogen-bond acceptors (Lipinski definition) is 4. The Morgan fingerprint density at radius 2 is 1.65 bits per heavy atom. The largest absolute Gasteiger partial charge is 0.493 e. The maximum atomic E-state index is 11.9. The van der Waals surface area contributed by atoms with Gasteiger partial charge in [0.2, 0.25) is 0 Å². The van der Waals surface area contributed by atoms with Crippen LogP contribution in [0.25, 0.3) is 0 Å². The molecule has 0 heterocycles. The van der Waals surface area contributed by atoms with E-state index in [4.69, 9.17) is 44.3 Å². The van der Waals surface area contributed by atoms with Gasteiger partial charge in [0.25, 0.3) is 5.91 Å². The van der Waals surface area contributed by atoms with Gasteiger partial charge in [-0.05, 0) is 31.2 Å². The van der Waals surface area contributed by atoms with E-state index in [0.29, 0.717) is 10.8 Å². The number of aryl methyl sites for hydroxylation is 1. The number of carbonyl (C=O) groups is 2. The summed E-state index contributed by atoms with van der Waals surface area (Å²) in [6.45, 7) is 1.66. The summed E-state index contributed by atoms with van der Waals surface area (Å²) in [5, 5.41) is 3.20. The first-order valence-electron chi connectivity index (χ1n) is 7.64. The number of benzene rings is 2. The Hall–Kier alpha value is -1.95. The highest BCUT2D eigenvalue weighted by molar-refractivity contribution is 6.42. The summed E-state index contributed by atoms with van der Waals surface area (Å²) in [6.07, 6.45) is 0.0175. The van der Waals surface area contributed by atoms with Crippen LogP contribution < -0.4 is 10.1 Å². The molecule has 0 saturated carbocycles. The van der Waals surface area contributed by atoms with Crippen LogP contribution in [0, 0.1) is 6.92 Å². The van der Waals surface area contributed by atoms with Crippen LogP contribution in [0.4, 0.5) is 5.69 Å². The lowest BCUT2D eigenvalue weighted by Gasteiger charge is -2.10. The zero-order valence-corrected chi connectivity index (χ0v) is 16.1. The Balaban J connectivity index is 1.73. The van der Waals surface area contributed by atoms with Crippen molar-refractivity contribution in [2.45, 2.75) is 13.3 Å². The Morgan fingerprint density at radius 3 is 2.27 bits per heavy atom. The molecule has 0 fully saturated rings. The number of carbonyl (C=O) groups excluding carboxylic acids is 2. The van der Waals surface area contributed by atoms with Crippen LogP contribution in [0.5, 0.6) is 5.75 Å². The third kappa shape index (κ3) is 6.41. The molecule has 1 amide bonds. The first kappa shape index (κ1) is 20.4. The van der Waals surface area contributed by atoms with E-state index in [0.717, 1.165) is 5.56 Å². The number of anilines is 1. The van der Waals surface area contributed by atoms with Crippen LogP contribution in [0.2, 0.25) is 15.1 Å². The summed E-state index contributed by atoms with van der Waals surface area (Å²) in [4.78, 5) is 23.5. The Labute approximate surface area is 166 Å². The normalized spacial score (nSPS) is 10.3. The summed E-state index contributed by atoms with van der Waals surface area (Å²) in [7, 11) is 0. The zero-order chi connectivity index (χ0) is 19.1. The monoisotopic (exact) mass is 415 g/mol. The SMILES string of the molecule is Cc1ccc(OCCC(=O)OCC(=O)Nc2c(Cl)cc(Cl)cc2Cl)cc1. The highest BCUT2D eigenvalue weighted by Crippen LogP contribution is 2.33. The molecule has 0 bridgehead atoms. The molecular weight excluding hydrogens is 401 g/mol. The molecule has 5 nitrogen and oxygen atoms in total. The van der Waals surface area contributed by atoms with Crippen molar-refractivity contribution in [1.29, 1.82) is 0 Å². The lowest BCUT2D eigenvalue weighted by molar-refractivity contribution is -0.147. The van der Waals surface area contributed by atoms with E-state index in [1.165, 1.54) is 12.1 Å². The second-order valence-corrected chi connectivity index (χ2v) is 6.62. The summed E-state index contributed by atoms with van der Waals surface area (Å²) in [5.41, 5.74) is 1.32. The molecule has 0 spiro atoms. The number of hydrogen-bond donors (Lipinski definition) is 1. The van der Waals surface area contributed by atoms with Gasteiger partial charge in [-0.3, -0.25) is 9.59 Å². The van der Waals surface area contributed by atoms with E-state index in [1.54, 1.807) is 0 Å². The lowest BCUT2D eigenvalue weighted by atomic mass is 10.2. The topological polar surface area (TPSA) is 64.6 Å². The summed E-state index contributed by atoms with van der Waals surface area (Å²) < 4.78 is 10.3. The molecule has 0 saturated heterocycles. The van der Waals surface area contributed by atoms with Gasteiger partial charge < -0.3 is 14.8 Å². The second kappa shape index (κ2) is 9.67. The number of amides is 1. The molecule has 0 aromatic heterocycles. The number of nitrogens with one attached hydrogen (secondary N) is 1. The van der Waals surface area contributed by atoms with Gasteiger partial charge in [0.15, 0.2) is 6.61 Å². The summed E-state index contributed by atoms with van der Waals surface area (Å²) in [5.74, 6) is -0.461. The maximum absolute atomic E-state index is 11.9. The van der Waals surface area contributed by atoms with Crippen molar-refractivity contribution in [3.8, 4) is 5.75 Å². The van der Waals surface area contributed by atoms with Gasteiger partial charge in [-0.2, -0.15) is 0 Å². The number of ether oxygens (including phenoxy) is 2. The van der Waals surface area contributed by atoms with Crippen molar-refractivity contribution in [2.24, 2.45) is 0 Å². The molecule has 26 heavy (non-hydrogen) atoms. The van der Waals surface area contributed by atoms with Gasteiger partial charge in [0, 0.05) is 5.02 Å². The van der Waals surface area contributed by atoms with E-state index >= 15 is 0 Å². The molecule has 0 aliphatic rings. The molecule has 1 N–H and O–H groups in total. The highest BCUT2D eigenvalue weighted by Gasteiger charge is 2.13. The average molecular weight is 417 g/mol. The third-order valence-electron chi connectivity index (χ3n) is 3.23. The van der Waals surface area contributed by atoms with Crippen LogP contribution in [-0.2, 0) is 14.3 Å².